The number of nitrogens with one attached hydrogen (secondary N) is 2. The van der Waals surface area contributed by atoms with Crippen LogP contribution in [0.5, 0.6) is 0 Å². The third-order valence-electron chi connectivity index (χ3n) is 7.38. The molecule has 13 heteroatoms. The third kappa shape index (κ3) is 11.3. The first kappa shape index (κ1) is 36.4. The van der Waals surface area contributed by atoms with Gasteiger partial charge in [0.2, 0.25) is 5.91 Å². The van der Waals surface area contributed by atoms with E-state index >= 15 is 0 Å². The highest BCUT2D eigenvalue weighted by molar-refractivity contribution is 7.86. The first-order chi connectivity index (χ1) is 21.4. The maximum atomic E-state index is 14.1. The zero-order valence-electron chi connectivity index (χ0n) is 26.6. The molecule has 0 spiro atoms. The second-order valence-electron chi connectivity index (χ2n) is 11.8. The minimum Gasteiger partial charge on any atom is -0.444 e. The maximum Gasteiger partial charge on any atom is 0.407 e. The van der Waals surface area contributed by atoms with Crippen molar-refractivity contribution in [3.63, 3.8) is 0 Å². The van der Waals surface area contributed by atoms with Crippen molar-refractivity contribution in [1.29, 1.82) is 0 Å². The molecule has 4 atom stereocenters. The Kier molecular flexibility index (Phi) is 14.2. The number of anilines is 1. The van der Waals surface area contributed by atoms with Crippen molar-refractivity contribution in [2.24, 2.45) is 5.92 Å². The number of hydrogen-bond donors (Lipinski definition) is 3. The molecule has 1 heterocycles. The van der Waals surface area contributed by atoms with Crippen LogP contribution in [-0.2, 0) is 40.2 Å². The van der Waals surface area contributed by atoms with E-state index in [2.05, 4.69) is 10.6 Å². The van der Waals surface area contributed by atoms with Gasteiger partial charge in [-0.05, 0) is 43.2 Å². The molecule has 4 unspecified atom stereocenters. The second kappa shape index (κ2) is 17.6. The lowest BCUT2D eigenvalue weighted by Gasteiger charge is -2.37. The molecular weight excluding hydrogens is 602 g/mol. The predicted molar refractivity (Wildman–Crippen MR) is 169 cm³/mol. The first-order valence-electron chi connectivity index (χ1n) is 15.4. The molecule has 0 aliphatic carbocycles. The summed E-state index contributed by atoms with van der Waals surface area (Å²) in [6.07, 6.45) is -1.45. The molecule has 0 aromatic heterocycles. The summed E-state index contributed by atoms with van der Waals surface area (Å²) in [7, 11) is -2.48. The number of alkyl carbamates (subject to hydrolysis) is 1. The zero-order chi connectivity index (χ0) is 32.9. The Morgan fingerprint density at radius 2 is 1.73 bits per heavy atom. The van der Waals surface area contributed by atoms with Crippen LogP contribution in [0.1, 0.15) is 32.8 Å². The average Bonchev–Trinajstić information content (AvgIpc) is 3.50. The lowest BCUT2D eigenvalue weighted by atomic mass is 10.0. The monoisotopic (exact) mass is 650 g/mol. The molecule has 2 aromatic rings. The molecule has 2 amide bonds. The Morgan fingerprint density at radius 1 is 1.04 bits per heavy atom. The Hall–Kier alpha value is -3.07. The van der Waals surface area contributed by atoms with Crippen LogP contribution < -0.4 is 10.6 Å². The van der Waals surface area contributed by atoms with Gasteiger partial charge >= 0.3 is 16.1 Å². The van der Waals surface area contributed by atoms with Gasteiger partial charge in [-0.2, -0.15) is 8.42 Å². The lowest BCUT2D eigenvalue weighted by molar-refractivity contribution is -0.793. The number of ether oxygens (including phenoxy) is 4. The van der Waals surface area contributed by atoms with Gasteiger partial charge in [0.1, 0.15) is 30.3 Å². The highest BCUT2D eigenvalue weighted by Crippen LogP contribution is 2.27. The molecular formula is C32H48N3O9S+. The fourth-order valence-electron chi connectivity index (χ4n) is 5.25. The summed E-state index contributed by atoms with van der Waals surface area (Å²) in [4.78, 5) is 25.1. The standard InChI is InChI=1S/C32H47N3O9S/c1-5-41-17-18-43-23-31(37)33-26-11-13-28(14-12-26)45(39,40)35(4,20-24(2)3)21-30(36)29(19-25-9-7-6-8-10-25)34-32(38)44-27-15-16-42-22-27/h6-14,24,27,29-30,36H,5,15-23H2,1-4H3,(H-,33,34,37,38)/p+1. The van der Waals surface area contributed by atoms with E-state index in [1.807, 2.05) is 51.1 Å². The summed E-state index contributed by atoms with van der Waals surface area (Å²) in [6.45, 7) is 7.61. The van der Waals surface area contributed by atoms with E-state index in [1.54, 1.807) is 7.05 Å². The molecule has 250 valence electrons. The zero-order valence-corrected chi connectivity index (χ0v) is 27.5. The van der Waals surface area contributed by atoms with Gasteiger partial charge in [-0.3, -0.25) is 4.79 Å². The van der Waals surface area contributed by atoms with E-state index in [-0.39, 0.29) is 55.5 Å². The van der Waals surface area contributed by atoms with Crippen molar-refractivity contribution in [3.8, 4) is 0 Å². The van der Waals surface area contributed by atoms with Gasteiger partial charge in [-0.25, -0.2) is 8.68 Å². The smallest absolute Gasteiger partial charge is 0.407 e. The summed E-state index contributed by atoms with van der Waals surface area (Å²) in [5, 5.41) is 17.0. The van der Waals surface area contributed by atoms with Gasteiger partial charge in [0.05, 0.1) is 46.1 Å². The van der Waals surface area contributed by atoms with Crippen LogP contribution in [0.3, 0.4) is 0 Å². The van der Waals surface area contributed by atoms with E-state index in [1.165, 1.54) is 24.3 Å². The molecule has 12 nitrogen and oxygen atoms in total. The van der Waals surface area contributed by atoms with Gasteiger partial charge in [0, 0.05) is 24.6 Å². The summed E-state index contributed by atoms with van der Waals surface area (Å²) < 4.78 is 49.0. The molecule has 2 aromatic carbocycles. The molecule has 3 N–H and O–H groups in total. The Balaban J connectivity index is 1.76. The summed E-state index contributed by atoms with van der Waals surface area (Å²) >= 11 is 0. The van der Waals surface area contributed by atoms with Crippen LogP contribution in [0, 0.1) is 5.92 Å². The number of nitrogens with zero attached hydrogens (tertiary/aromatic N) is 1. The van der Waals surface area contributed by atoms with Gasteiger partial charge in [0.15, 0.2) is 0 Å². The summed E-state index contributed by atoms with van der Waals surface area (Å²) in [6, 6.07) is 14.4. The number of quaternary nitrogens is 1. The summed E-state index contributed by atoms with van der Waals surface area (Å²) in [5.41, 5.74) is 1.29. The first-order valence-corrected chi connectivity index (χ1v) is 16.8. The van der Waals surface area contributed by atoms with Gasteiger partial charge < -0.3 is 34.7 Å². The van der Waals surface area contributed by atoms with Gasteiger partial charge in [-0.1, -0.05) is 44.2 Å². The number of hydrogen-bond acceptors (Lipinski definition) is 9. The highest BCUT2D eigenvalue weighted by atomic mass is 32.2. The normalized spacial score (nSPS) is 17.8. The third-order valence-corrected chi connectivity index (χ3v) is 9.70. The number of rotatable bonds is 18. The Bertz CT molecular complexity index is 1300. The van der Waals surface area contributed by atoms with Crippen LogP contribution in [-0.4, -0.2) is 107 Å². The Morgan fingerprint density at radius 3 is 2.36 bits per heavy atom. The fraction of sp³-hybridized carbons (Fsp3) is 0.562. The number of sulfonamides is 1. The number of carbonyl (C=O) groups is 2. The molecule has 45 heavy (non-hydrogen) atoms. The van der Waals surface area contributed by atoms with E-state index in [9.17, 15) is 23.1 Å². The van der Waals surface area contributed by atoms with Crippen molar-refractivity contribution >= 4 is 27.7 Å². The Labute approximate surface area is 266 Å². The van der Waals surface area contributed by atoms with E-state index < -0.39 is 32.2 Å². The van der Waals surface area contributed by atoms with Crippen LogP contribution in [0.4, 0.5) is 10.5 Å². The van der Waals surface area contributed by atoms with Gasteiger partial charge in [0.25, 0.3) is 0 Å². The quantitative estimate of drug-likeness (QED) is 0.164. The second-order valence-corrected chi connectivity index (χ2v) is 14.1. The fourth-order valence-corrected chi connectivity index (χ4v) is 7.08. The van der Waals surface area contributed by atoms with Gasteiger partial charge in [-0.15, -0.1) is 0 Å². The molecule has 1 aliphatic rings. The minimum atomic E-state index is -4.05. The van der Waals surface area contributed by atoms with Crippen LogP contribution in [0.25, 0.3) is 0 Å². The van der Waals surface area contributed by atoms with Crippen molar-refractivity contribution < 1.29 is 45.9 Å². The largest absolute Gasteiger partial charge is 0.444 e. The predicted octanol–water partition coefficient (Wildman–Crippen LogP) is 2.96. The molecule has 1 fully saturated rings. The minimum absolute atomic E-state index is 0.0360. The highest BCUT2D eigenvalue weighted by Gasteiger charge is 2.43. The average molecular weight is 651 g/mol. The van der Waals surface area contributed by atoms with E-state index in [4.69, 9.17) is 18.9 Å². The van der Waals surface area contributed by atoms with Crippen LogP contribution in [0.2, 0.25) is 0 Å². The van der Waals surface area contributed by atoms with Crippen molar-refractivity contribution in [2.45, 2.75) is 56.8 Å². The number of amides is 2. The van der Waals surface area contributed by atoms with Crippen LogP contribution >= 0.6 is 0 Å². The number of aliphatic hydroxyl groups excluding tert-OH is 1. The number of benzene rings is 2. The van der Waals surface area contributed by atoms with Crippen molar-refractivity contribution in [3.05, 3.63) is 60.2 Å². The molecule has 0 radical (unpaired) electrons. The number of aliphatic hydroxyl groups is 1. The van der Waals surface area contributed by atoms with Crippen LogP contribution in [0.15, 0.2) is 59.5 Å². The maximum absolute atomic E-state index is 14.1. The number of carbonyl (C=O) groups excluding carboxylic acids is 2. The molecule has 3 rings (SSSR count). The number of likely N-dealkylation sites (N-methyl/N-ethyl adjacent to an activating group) is 1. The molecule has 1 saturated heterocycles. The van der Waals surface area contributed by atoms with E-state index in [0.717, 1.165) is 5.56 Å². The van der Waals surface area contributed by atoms with E-state index in [0.29, 0.717) is 38.5 Å². The lowest BCUT2D eigenvalue weighted by Crippen LogP contribution is -2.59. The van der Waals surface area contributed by atoms with Crippen molar-refractivity contribution in [2.75, 3.05) is 65.1 Å². The molecule has 1 aliphatic heterocycles. The summed E-state index contributed by atoms with van der Waals surface area (Å²) in [5.74, 6) is -0.410. The molecule has 0 bridgehead atoms. The molecule has 0 saturated carbocycles. The SMILES string of the molecule is CCOCCOCC(=O)Nc1ccc(S(=O)(=O)[N+](C)(CC(C)C)CC(O)C(Cc2ccccc2)NC(=O)OC2CCOC2)cc1. The van der Waals surface area contributed by atoms with Crippen molar-refractivity contribution in [1.82, 2.24) is 5.32 Å². The topological polar surface area (TPSA) is 149 Å².